The monoisotopic (exact) mass is 391 g/mol. The van der Waals surface area contributed by atoms with Crippen molar-refractivity contribution in [3.05, 3.63) is 48.0 Å². The molecule has 2 atom stereocenters. The van der Waals surface area contributed by atoms with Crippen molar-refractivity contribution in [2.45, 2.75) is 44.0 Å². The van der Waals surface area contributed by atoms with Crippen molar-refractivity contribution in [2.24, 2.45) is 0 Å². The maximum Gasteiger partial charge on any atom is 0.416 e. The van der Waals surface area contributed by atoms with E-state index < -0.39 is 11.7 Å². The lowest BCUT2D eigenvalue weighted by molar-refractivity contribution is -0.137. The van der Waals surface area contributed by atoms with E-state index in [-0.39, 0.29) is 18.1 Å². The second kappa shape index (κ2) is 7.31. The van der Waals surface area contributed by atoms with Crippen LogP contribution < -0.4 is 10.6 Å². The minimum Gasteiger partial charge on any atom is -0.393 e. The van der Waals surface area contributed by atoms with Gasteiger partial charge in [-0.15, -0.1) is 5.10 Å². The van der Waals surface area contributed by atoms with Gasteiger partial charge in [-0.2, -0.15) is 22.7 Å². The summed E-state index contributed by atoms with van der Waals surface area (Å²) in [7, 11) is 0. The van der Waals surface area contributed by atoms with Crippen LogP contribution in [0.2, 0.25) is 0 Å². The Morgan fingerprint density at radius 2 is 1.86 bits per heavy atom. The van der Waals surface area contributed by atoms with E-state index in [1.54, 1.807) is 10.6 Å². The first kappa shape index (κ1) is 18.5. The number of aromatic nitrogens is 3. The topological polar surface area (TPSA) is 74.5 Å². The summed E-state index contributed by atoms with van der Waals surface area (Å²) < 4.78 is 39.7. The molecular formula is C19H20F3N5O. The summed E-state index contributed by atoms with van der Waals surface area (Å²) >= 11 is 0. The summed E-state index contributed by atoms with van der Waals surface area (Å²) in [5.74, 6) is 1.04. The number of hydrogen-bond acceptors (Lipinski definition) is 5. The van der Waals surface area contributed by atoms with Crippen LogP contribution in [0.5, 0.6) is 0 Å². The third kappa shape index (κ3) is 4.04. The molecule has 1 aromatic carbocycles. The molecule has 4 rings (SSSR count). The third-order valence-corrected chi connectivity index (χ3v) is 4.83. The van der Waals surface area contributed by atoms with E-state index in [1.165, 1.54) is 12.1 Å². The number of aliphatic hydroxyl groups is 1. The predicted molar refractivity (Wildman–Crippen MR) is 99.6 cm³/mol. The first-order valence-corrected chi connectivity index (χ1v) is 9.13. The Hall–Kier alpha value is -2.81. The van der Waals surface area contributed by atoms with Gasteiger partial charge < -0.3 is 15.7 Å². The number of rotatable bonds is 4. The maximum atomic E-state index is 12.7. The van der Waals surface area contributed by atoms with E-state index in [0.717, 1.165) is 37.2 Å². The van der Waals surface area contributed by atoms with Crippen LogP contribution in [0.4, 0.5) is 30.6 Å². The van der Waals surface area contributed by atoms with Gasteiger partial charge in [0.25, 0.3) is 0 Å². The molecule has 0 amide bonds. The lowest BCUT2D eigenvalue weighted by Gasteiger charge is -2.27. The highest BCUT2D eigenvalue weighted by Crippen LogP contribution is 2.30. The number of benzene rings is 1. The Kier molecular flexibility index (Phi) is 4.84. The number of anilines is 3. The second-order valence-corrected chi connectivity index (χ2v) is 6.98. The van der Waals surface area contributed by atoms with E-state index in [9.17, 15) is 18.3 Å². The fourth-order valence-corrected chi connectivity index (χ4v) is 3.44. The molecule has 6 nitrogen and oxygen atoms in total. The predicted octanol–water partition coefficient (Wildman–Crippen LogP) is 4.21. The van der Waals surface area contributed by atoms with Crippen molar-refractivity contribution in [1.82, 2.24) is 14.6 Å². The maximum absolute atomic E-state index is 12.7. The summed E-state index contributed by atoms with van der Waals surface area (Å²) in [6.07, 6.45) is -1.22. The SMILES string of the molecule is O[C@@H]1CCC[C@@H](Nc2cccc3nc(Nc4ccc(C(F)(F)F)cc4)nn23)C1. The second-order valence-electron chi connectivity index (χ2n) is 6.98. The van der Waals surface area contributed by atoms with Gasteiger partial charge in [0.2, 0.25) is 5.95 Å². The zero-order valence-electron chi connectivity index (χ0n) is 14.9. The van der Waals surface area contributed by atoms with Crippen molar-refractivity contribution in [1.29, 1.82) is 0 Å². The van der Waals surface area contributed by atoms with E-state index in [1.807, 2.05) is 12.1 Å². The molecule has 3 N–H and O–H groups in total. The van der Waals surface area contributed by atoms with Crippen molar-refractivity contribution in [3.63, 3.8) is 0 Å². The Morgan fingerprint density at radius 3 is 2.57 bits per heavy atom. The van der Waals surface area contributed by atoms with Gasteiger partial charge in [0.15, 0.2) is 5.65 Å². The van der Waals surface area contributed by atoms with E-state index in [2.05, 4.69) is 20.7 Å². The first-order valence-electron chi connectivity index (χ1n) is 9.13. The highest BCUT2D eigenvalue weighted by molar-refractivity contribution is 5.58. The number of hydrogen-bond donors (Lipinski definition) is 3. The standard InChI is InChI=1S/C19H20F3N5O/c20-19(21,22)12-7-9-13(10-8-12)24-18-25-17-6-2-5-16(27(17)26-18)23-14-3-1-4-15(28)11-14/h2,5-10,14-15,23,28H,1,3-4,11H2,(H,24,26)/t14-,15-/m1/s1. The minimum absolute atomic E-state index is 0.157. The van der Waals surface area contributed by atoms with Gasteiger partial charge >= 0.3 is 6.18 Å². The Bertz CT molecular complexity index is 954. The molecule has 0 aliphatic heterocycles. The number of pyridine rings is 1. The summed E-state index contributed by atoms with van der Waals surface area (Å²) in [5, 5.41) is 20.6. The van der Waals surface area contributed by atoms with Crippen molar-refractivity contribution < 1.29 is 18.3 Å². The van der Waals surface area contributed by atoms with Crippen LogP contribution in [-0.2, 0) is 6.18 Å². The van der Waals surface area contributed by atoms with E-state index in [0.29, 0.717) is 17.8 Å². The van der Waals surface area contributed by atoms with Gasteiger partial charge in [0.1, 0.15) is 5.82 Å². The van der Waals surface area contributed by atoms with Gasteiger partial charge in [0.05, 0.1) is 11.7 Å². The number of halogens is 3. The molecule has 148 valence electrons. The number of aliphatic hydroxyl groups excluding tert-OH is 1. The Labute approximate surface area is 159 Å². The molecule has 1 aliphatic rings. The molecule has 3 aromatic rings. The summed E-state index contributed by atoms with van der Waals surface area (Å²) in [6.45, 7) is 0. The van der Waals surface area contributed by atoms with Gasteiger partial charge in [-0.3, -0.25) is 0 Å². The molecule has 9 heteroatoms. The van der Waals surface area contributed by atoms with Gasteiger partial charge in [-0.25, -0.2) is 0 Å². The Morgan fingerprint density at radius 1 is 1.07 bits per heavy atom. The molecule has 0 spiro atoms. The van der Waals surface area contributed by atoms with Gasteiger partial charge in [-0.1, -0.05) is 6.07 Å². The van der Waals surface area contributed by atoms with E-state index in [4.69, 9.17) is 0 Å². The van der Waals surface area contributed by atoms with Crippen LogP contribution in [0.15, 0.2) is 42.5 Å². The highest BCUT2D eigenvalue weighted by Gasteiger charge is 2.30. The zero-order valence-corrected chi connectivity index (χ0v) is 14.9. The normalized spacial score (nSPS) is 20.3. The molecule has 0 saturated heterocycles. The number of alkyl halides is 3. The molecule has 2 aromatic heterocycles. The molecule has 0 bridgehead atoms. The van der Waals surface area contributed by atoms with Gasteiger partial charge in [-0.05, 0) is 62.1 Å². The smallest absolute Gasteiger partial charge is 0.393 e. The van der Waals surface area contributed by atoms with Crippen molar-refractivity contribution in [2.75, 3.05) is 10.6 Å². The fraction of sp³-hybridized carbons (Fsp3) is 0.368. The van der Waals surface area contributed by atoms with E-state index >= 15 is 0 Å². The lowest BCUT2D eigenvalue weighted by Crippen LogP contribution is -2.30. The molecule has 0 unspecified atom stereocenters. The van der Waals surface area contributed by atoms with Crippen molar-refractivity contribution in [3.8, 4) is 0 Å². The zero-order chi connectivity index (χ0) is 19.7. The molecular weight excluding hydrogens is 371 g/mol. The van der Waals surface area contributed by atoms with Crippen LogP contribution >= 0.6 is 0 Å². The highest BCUT2D eigenvalue weighted by atomic mass is 19.4. The van der Waals surface area contributed by atoms with Gasteiger partial charge in [0, 0.05) is 11.7 Å². The number of nitrogens with zero attached hydrogens (tertiary/aromatic N) is 3. The number of fused-ring (bicyclic) bond motifs is 1. The minimum atomic E-state index is -4.37. The van der Waals surface area contributed by atoms with Crippen LogP contribution in [0.25, 0.3) is 5.65 Å². The van der Waals surface area contributed by atoms with Crippen LogP contribution in [-0.4, -0.2) is 31.9 Å². The molecule has 2 heterocycles. The molecule has 1 aliphatic carbocycles. The van der Waals surface area contributed by atoms with Crippen molar-refractivity contribution >= 4 is 23.1 Å². The molecule has 0 radical (unpaired) electrons. The largest absolute Gasteiger partial charge is 0.416 e. The molecule has 28 heavy (non-hydrogen) atoms. The molecule has 1 fully saturated rings. The fourth-order valence-electron chi connectivity index (χ4n) is 3.44. The average Bonchev–Trinajstić information content (AvgIpc) is 3.05. The summed E-state index contributed by atoms with van der Waals surface area (Å²) in [4.78, 5) is 4.38. The average molecular weight is 391 g/mol. The Balaban J connectivity index is 1.53. The van der Waals surface area contributed by atoms with Crippen LogP contribution in [0.3, 0.4) is 0 Å². The third-order valence-electron chi connectivity index (χ3n) is 4.83. The summed E-state index contributed by atoms with van der Waals surface area (Å²) in [6, 6.07) is 10.4. The lowest BCUT2D eigenvalue weighted by atomic mass is 9.93. The molecule has 1 saturated carbocycles. The number of nitrogens with one attached hydrogen (secondary N) is 2. The summed E-state index contributed by atoms with van der Waals surface area (Å²) in [5.41, 5.74) is 0.367. The van der Waals surface area contributed by atoms with Crippen LogP contribution in [0, 0.1) is 0 Å². The first-order chi connectivity index (χ1) is 13.4. The quantitative estimate of drug-likeness (QED) is 0.621. The van der Waals surface area contributed by atoms with Crippen LogP contribution in [0.1, 0.15) is 31.2 Å².